The number of amides is 2. The molecular formula is C32H40F2N6O2S. The molecule has 1 fully saturated rings. The first-order valence-corrected chi connectivity index (χ1v) is 15.2. The van der Waals surface area contributed by atoms with Crippen LogP contribution in [0.5, 0.6) is 0 Å². The molecule has 0 bridgehead atoms. The van der Waals surface area contributed by atoms with Crippen LogP contribution in [0.25, 0.3) is 11.0 Å². The Hall–Kier alpha value is -3.62. The fourth-order valence-corrected chi connectivity index (χ4v) is 5.69. The Balaban J connectivity index is 1.66. The molecule has 3 aromatic rings. The molecule has 1 aromatic carbocycles. The first kappa shape index (κ1) is 32.3. The Bertz CT molecular complexity index is 1570. The third-order valence-corrected chi connectivity index (χ3v) is 8.79. The van der Waals surface area contributed by atoms with Crippen molar-refractivity contribution in [3.8, 4) is 6.07 Å². The zero-order chi connectivity index (χ0) is 31.7. The monoisotopic (exact) mass is 610 g/mol. The zero-order valence-electron chi connectivity index (χ0n) is 25.8. The highest BCUT2D eigenvalue weighted by Gasteiger charge is 2.33. The highest BCUT2D eigenvalue weighted by Crippen LogP contribution is 2.33. The molecule has 3 heterocycles. The van der Waals surface area contributed by atoms with Crippen molar-refractivity contribution in [1.29, 1.82) is 5.26 Å². The maximum atomic E-state index is 13.3. The van der Waals surface area contributed by atoms with Gasteiger partial charge in [-0.25, -0.2) is 13.8 Å². The van der Waals surface area contributed by atoms with Crippen molar-refractivity contribution >= 4 is 40.1 Å². The molecule has 0 spiro atoms. The number of carbonyl (C=O) groups excluding carboxylic acids is 2. The number of nitriles is 1. The van der Waals surface area contributed by atoms with E-state index in [0.29, 0.717) is 31.6 Å². The fraction of sp³-hybridized carbons (Fsp3) is 0.500. The topological polar surface area (TPSA) is 103 Å². The van der Waals surface area contributed by atoms with Gasteiger partial charge in [0.05, 0.1) is 26.8 Å². The van der Waals surface area contributed by atoms with Crippen LogP contribution in [0.15, 0.2) is 42.0 Å². The quantitative estimate of drug-likeness (QED) is 0.210. The molecule has 2 amide bonds. The number of halogens is 2. The number of hydrogen-bond acceptors (Lipinski definition) is 6. The largest absolute Gasteiger partial charge is 0.336 e. The molecule has 0 saturated carbocycles. The molecule has 4 rings (SSSR count). The van der Waals surface area contributed by atoms with E-state index in [9.17, 15) is 23.6 Å². The predicted molar refractivity (Wildman–Crippen MR) is 166 cm³/mol. The lowest BCUT2D eigenvalue weighted by Gasteiger charge is -2.28. The lowest BCUT2D eigenvalue weighted by atomic mass is 9.88. The van der Waals surface area contributed by atoms with Crippen LogP contribution >= 0.6 is 11.3 Å². The Morgan fingerprint density at radius 1 is 1.19 bits per heavy atom. The van der Waals surface area contributed by atoms with Gasteiger partial charge in [-0.15, -0.1) is 11.3 Å². The van der Waals surface area contributed by atoms with Crippen molar-refractivity contribution in [3.05, 3.63) is 57.3 Å². The van der Waals surface area contributed by atoms with Crippen LogP contribution in [0.3, 0.4) is 0 Å². The van der Waals surface area contributed by atoms with E-state index in [2.05, 4.69) is 44.4 Å². The minimum atomic E-state index is -2.66. The van der Waals surface area contributed by atoms with Crippen LogP contribution in [0.4, 0.5) is 14.7 Å². The number of thiophene rings is 1. The second-order valence-corrected chi connectivity index (χ2v) is 14.4. The maximum Gasteiger partial charge on any atom is 0.272 e. The van der Waals surface area contributed by atoms with Crippen LogP contribution in [-0.4, -0.2) is 45.4 Å². The first-order valence-electron chi connectivity index (χ1n) is 14.4. The van der Waals surface area contributed by atoms with Gasteiger partial charge in [0.2, 0.25) is 5.95 Å². The SMILES string of the molecule is CC(NCc1ccc2c(c1)nc(NC(=O)c1ccc(C(F)F)s1)n2C1CCN(C(=O)C(C#N)=CC(C)(C)C)C1)C(C)(C)C. The van der Waals surface area contributed by atoms with E-state index in [-0.39, 0.29) is 50.1 Å². The van der Waals surface area contributed by atoms with Gasteiger partial charge in [0, 0.05) is 25.7 Å². The van der Waals surface area contributed by atoms with Gasteiger partial charge in [-0.3, -0.25) is 14.9 Å². The van der Waals surface area contributed by atoms with Crippen molar-refractivity contribution in [2.45, 2.75) is 79.9 Å². The molecule has 2 aromatic heterocycles. The fourth-order valence-electron chi connectivity index (χ4n) is 4.93. The number of allylic oxidation sites excluding steroid dienone is 1. The summed E-state index contributed by atoms with van der Waals surface area (Å²) in [5, 5.41) is 16.1. The standard InChI is InChI=1S/C32H40F2N6O2S/c1-19(32(5,6)7)36-17-20-8-9-24-23(14-20)37-30(38-28(41)26-11-10-25(43-26)27(33)34)40(24)22-12-13-39(18-22)29(42)21(16-35)15-31(2,3)4/h8-11,14-15,19,22,27,36H,12-13,17-18H2,1-7H3,(H,37,38,41). The number of imidazole rings is 1. The summed E-state index contributed by atoms with van der Waals surface area (Å²) in [6.07, 6.45) is -0.377. The Labute approximate surface area is 255 Å². The number of rotatable bonds is 8. The van der Waals surface area contributed by atoms with E-state index in [1.54, 1.807) is 11.0 Å². The van der Waals surface area contributed by atoms with Crippen molar-refractivity contribution < 1.29 is 18.4 Å². The number of alkyl halides is 2. The summed E-state index contributed by atoms with van der Waals surface area (Å²) in [6.45, 7) is 15.9. The highest BCUT2D eigenvalue weighted by molar-refractivity contribution is 7.14. The molecule has 2 atom stereocenters. The number of anilines is 1. The molecule has 11 heteroatoms. The smallest absolute Gasteiger partial charge is 0.272 e. The third-order valence-electron chi connectivity index (χ3n) is 7.70. The number of hydrogen-bond donors (Lipinski definition) is 2. The predicted octanol–water partition coefficient (Wildman–Crippen LogP) is 7.08. The summed E-state index contributed by atoms with van der Waals surface area (Å²) in [4.78, 5) is 32.8. The molecular weight excluding hydrogens is 570 g/mol. The van der Waals surface area contributed by atoms with Crippen molar-refractivity contribution in [2.75, 3.05) is 18.4 Å². The number of aromatic nitrogens is 2. The first-order chi connectivity index (χ1) is 20.1. The van der Waals surface area contributed by atoms with Crippen LogP contribution < -0.4 is 10.6 Å². The third kappa shape index (κ3) is 7.67. The molecule has 2 N–H and O–H groups in total. The molecule has 0 radical (unpaired) electrons. The average Bonchev–Trinajstić information content (AvgIpc) is 3.67. The summed E-state index contributed by atoms with van der Waals surface area (Å²) in [7, 11) is 0. The summed E-state index contributed by atoms with van der Waals surface area (Å²) in [6, 6.07) is 10.7. The minimum absolute atomic E-state index is 0.0916. The average molecular weight is 611 g/mol. The van der Waals surface area contributed by atoms with E-state index >= 15 is 0 Å². The van der Waals surface area contributed by atoms with Gasteiger partial charge in [0.15, 0.2) is 0 Å². The van der Waals surface area contributed by atoms with Gasteiger partial charge in [-0.1, -0.05) is 53.7 Å². The molecule has 1 saturated heterocycles. The van der Waals surface area contributed by atoms with Gasteiger partial charge in [0.1, 0.15) is 11.6 Å². The number of nitrogens with one attached hydrogen (secondary N) is 2. The van der Waals surface area contributed by atoms with E-state index < -0.39 is 12.3 Å². The highest BCUT2D eigenvalue weighted by atomic mass is 32.1. The van der Waals surface area contributed by atoms with Gasteiger partial charge < -0.3 is 14.8 Å². The lowest BCUT2D eigenvalue weighted by Crippen LogP contribution is -2.37. The number of benzene rings is 1. The molecule has 8 nitrogen and oxygen atoms in total. The van der Waals surface area contributed by atoms with Crippen LogP contribution in [0.2, 0.25) is 0 Å². The Morgan fingerprint density at radius 3 is 2.51 bits per heavy atom. The van der Waals surface area contributed by atoms with Crippen LogP contribution in [-0.2, 0) is 11.3 Å². The lowest BCUT2D eigenvalue weighted by molar-refractivity contribution is -0.125. The number of fused-ring (bicyclic) bond motifs is 1. The van der Waals surface area contributed by atoms with Gasteiger partial charge >= 0.3 is 0 Å². The van der Waals surface area contributed by atoms with Crippen LogP contribution in [0.1, 0.15) is 87.5 Å². The summed E-state index contributed by atoms with van der Waals surface area (Å²) >= 11 is 0.744. The zero-order valence-corrected chi connectivity index (χ0v) is 26.6. The molecule has 43 heavy (non-hydrogen) atoms. The van der Waals surface area contributed by atoms with Crippen molar-refractivity contribution in [1.82, 2.24) is 19.8 Å². The van der Waals surface area contributed by atoms with Gasteiger partial charge in [0.25, 0.3) is 18.2 Å². The van der Waals surface area contributed by atoms with E-state index in [1.807, 2.05) is 43.5 Å². The molecule has 230 valence electrons. The Morgan fingerprint density at radius 2 is 1.91 bits per heavy atom. The maximum absolute atomic E-state index is 13.3. The van der Waals surface area contributed by atoms with E-state index in [4.69, 9.17) is 4.98 Å². The van der Waals surface area contributed by atoms with Gasteiger partial charge in [-0.05, 0) is 54.0 Å². The number of carbonyl (C=O) groups is 2. The normalized spacial score (nSPS) is 17.0. The number of likely N-dealkylation sites (tertiary alicyclic amines) is 1. The summed E-state index contributed by atoms with van der Waals surface area (Å²) < 4.78 is 28.3. The van der Waals surface area contributed by atoms with Crippen molar-refractivity contribution in [3.63, 3.8) is 0 Å². The van der Waals surface area contributed by atoms with Gasteiger partial charge in [-0.2, -0.15) is 5.26 Å². The molecule has 0 aliphatic carbocycles. The second kappa shape index (κ2) is 12.5. The second-order valence-electron chi connectivity index (χ2n) is 13.3. The minimum Gasteiger partial charge on any atom is -0.336 e. The number of nitrogens with zero attached hydrogens (tertiary/aromatic N) is 4. The van der Waals surface area contributed by atoms with Crippen LogP contribution in [0, 0.1) is 22.2 Å². The van der Waals surface area contributed by atoms with Crippen molar-refractivity contribution in [2.24, 2.45) is 10.8 Å². The molecule has 1 aliphatic rings. The summed E-state index contributed by atoms with van der Waals surface area (Å²) in [5.74, 6) is -0.570. The summed E-state index contributed by atoms with van der Waals surface area (Å²) in [5.41, 5.74) is 2.35. The van der Waals surface area contributed by atoms with E-state index in [0.717, 1.165) is 22.4 Å². The van der Waals surface area contributed by atoms with E-state index in [1.165, 1.54) is 12.1 Å². The Kier molecular flexibility index (Phi) is 9.42. The molecule has 1 aliphatic heterocycles. The molecule has 2 unspecified atom stereocenters.